The monoisotopic (exact) mass is 352 g/mol. The summed E-state index contributed by atoms with van der Waals surface area (Å²) >= 11 is 0. The van der Waals surface area contributed by atoms with Crippen molar-refractivity contribution in [3.05, 3.63) is 29.8 Å². The number of hydrogen-bond acceptors (Lipinski definition) is 3. The second-order valence-electron chi connectivity index (χ2n) is 6.49. The van der Waals surface area contributed by atoms with E-state index in [1.807, 2.05) is 13.0 Å². The van der Waals surface area contributed by atoms with Gasteiger partial charge in [-0.15, -0.1) is 0 Å². The van der Waals surface area contributed by atoms with E-state index in [1.165, 1.54) is 4.31 Å². The molecule has 5 nitrogen and oxygen atoms in total. The highest BCUT2D eigenvalue weighted by Crippen LogP contribution is 2.24. The van der Waals surface area contributed by atoms with Gasteiger partial charge in [0.1, 0.15) is 0 Å². The van der Waals surface area contributed by atoms with Crippen LogP contribution in [0.1, 0.15) is 44.6 Å². The summed E-state index contributed by atoms with van der Waals surface area (Å²) in [5, 5.41) is 2.97. The molecule has 1 fully saturated rings. The van der Waals surface area contributed by atoms with Crippen LogP contribution < -0.4 is 5.32 Å². The first-order chi connectivity index (χ1) is 11.4. The third-order valence-corrected chi connectivity index (χ3v) is 6.43. The van der Waals surface area contributed by atoms with E-state index in [1.54, 1.807) is 18.2 Å². The lowest BCUT2D eigenvalue weighted by atomic mass is 9.97. The molecule has 1 aromatic carbocycles. The van der Waals surface area contributed by atoms with Crippen LogP contribution in [0.2, 0.25) is 0 Å². The van der Waals surface area contributed by atoms with E-state index in [0.29, 0.717) is 37.4 Å². The van der Waals surface area contributed by atoms with Crippen molar-refractivity contribution < 1.29 is 13.2 Å². The third-order valence-electron chi connectivity index (χ3n) is 4.53. The first-order valence-corrected chi connectivity index (χ1v) is 10.2. The predicted molar refractivity (Wildman–Crippen MR) is 95.2 cm³/mol. The number of nitrogens with one attached hydrogen (secondary N) is 1. The Bertz CT molecular complexity index is 650. The Labute approximate surface area is 145 Å². The van der Waals surface area contributed by atoms with Crippen LogP contribution in [0.25, 0.3) is 0 Å². The van der Waals surface area contributed by atoms with Gasteiger partial charge in [-0.3, -0.25) is 4.79 Å². The number of carbonyl (C=O) groups excluding carboxylic acids is 1. The topological polar surface area (TPSA) is 66.5 Å². The summed E-state index contributed by atoms with van der Waals surface area (Å²) in [5.74, 6) is -0.00528. The second-order valence-corrected chi connectivity index (χ2v) is 8.43. The summed E-state index contributed by atoms with van der Waals surface area (Å²) in [6, 6.07) is 6.98. The molecule has 0 aliphatic carbocycles. The minimum absolute atomic E-state index is 0.0682. The lowest BCUT2D eigenvalue weighted by molar-refractivity contribution is -0.126. The molecule has 1 heterocycles. The van der Waals surface area contributed by atoms with E-state index >= 15 is 0 Å². The number of rotatable bonds is 7. The Kier molecular flexibility index (Phi) is 6.80. The number of hydrogen-bond donors (Lipinski definition) is 1. The molecule has 24 heavy (non-hydrogen) atoms. The van der Waals surface area contributed by atoms with Gasteiger partial charge in [-0.1, -0.05) is 31.9 Å². The average Bonchev–Trinajstić information content (AvgIpc) is 2.58. The molecule has 0 aromatic heterocycles. The molecular weight excluding hydrogens is 324 g/mol. The normalized spacial score (nSPS) is 16.9. The summed E-state index contributed by atoms with van der Waals surface area (Å²) < 4.78 is 26.9. The van der Waals surface area contributed by atoms with Gasteiger partial charge < -0.3 is 5.32 Å². The molecule has 6 heteroatoms. The fourth-order valence-electron chi connectivity index (χ4n) is 3.01. The Morgan fingerprint density at radius 2 is 1.96 bits per heavy atom. The summed E-state index contributed by atoms with van der Waals surface area (Å²) in [4.78, 5) is 12.5. The van der Waals surface area contributed by atoms with Crippen LogP contribution >= 0.6 is 0 Å². The number of sulfonamides is 1. The van der Waals surface area contributed by atoms with Crippen molar-refractivity contribution in [3.8, 4) is 0 Å². The third kappa shape index (κ3) is 4.80. The van der Waals surface area contributed by atoms with Crippen LogP contribution in [0.4, 0.5) is 0 Å². The average molecular weight is 353 g/mol. The summed E-state index contributed by atoms with van der Waals surface area (Å²) in [7, 11) is -3.46. The predicted octanol–water partition coefficient (Wildman–Crippen LogP) is 2.70. The smallest absolute Gasteiger partial charge is 0.243 e. The van der Waals surface area contributed by atoms with Crippen LogP contribution in [-0.4, -0.2) is 38.3 Å². The van der Waals surface area contributed by atoms with E-state index < -0.39 is 10.0 Å². The zero-order chi connectivity index (χ0) is 17.6. The van der Waals surface area contributed by atoms with Gasteiger partial charge in [0.2, 0.25) is 15.9 Å². The van der Waals surface area contributed by atoms with E-state index in [9.17, 15) is 13.2 Å². The van der Waals surface area contributed by atoms with E-state index in [0.717, 1.165) is 24.8 Å². The molecule has 0 spiro atoms. The van der Waals surface area contributed by atoms with Gasteiger partial charge in [0.05, 0.1) is 4.90 Å². The van der Waals surface area contributed by atoms with Crippen LogP contribution in [0.3, 0.4) is 0 Å². The number of carbonyl (C=O) groups is 1. The van der Waals surface area contributed by atoms with Crippen LogP contribution in [-0.2, 0) is 14.8 Å². The Morgan fingerprint density at radius 3 is 2.58 bits per heavy atom. The van der Waals surface area contributed by atoms with Crippen molar-refractivity contribution in [1.82, 2.24) is 9.62 Å². The number of benzene rings is 1. The van der Waals surface area contributed by atoms with Gasteiger partial charge in [-0.25, -0.2) is 8.42 Å². The highest BCUT2D eigenvalue weighted by atomic mass is 32.2. The molecule has 0 radical (unpaired) electrons. The molecule has 134 valence electrons. The molecule has 1 N–H and O–H groups in total. The fourth-order valence-corrected chi connectivity index (χ4v) is 4.59. The molecule has 0 saturated carbocycles. The zero-order valence-electron chi connectivity index (χ0n) is 14.6. The largest absolute Gasteiger partial charge is 0.356 e. The molecule has 1 aliphatic rings. The lowest BCUT2D eigenvalue weighted by Crippen LogP contribution is -2.43. The molecule has 0 atom stereocenters. The Hall–Kier alpha value is -1.40. The molecule has 1 aromatic rings. The van der Waals surface area contributed by atoms with Gasteiger partial charge in [0, 0.05) is 25.6 Å². The van der Waals surface area contributed by atoms with Crippen molar-refractivity contribution >= 4 is 15.9 Å². The van der Waals surface area contributed by atoms with E-state index in [2.05, 4.69) is 12.2 Å². The fraction of sp³-hybridized carbons (Fsp3) is 0.611. The Balaban J connectivity index is 1.89. The van der Waals surface area contributed by atoms with Crippen molar-refractivity contribution in [2.45, 2.75) is 50.8 Å². The molecule has 1 saturated heterocycles. The first-order valence-electron chi connectivity index (χ1n) is 8.79. The quantitative estimate of drug-likeness (QED) is 0.767. The molecule has 0 unspecified atom stereocenters. The zero-order valence-corrected chi connectivity index (χ0v) is 15.4. The number of piperidine rings is 1. The minimum Gasteiger partial charge on any atom is -0.356 e. The van der Waals surface area contributed by atoms with E-state index in [4.69, 9.17) is 0 Å². The molecule has 0 bridgehead atoms. The Morgan fingerprint density at radius 1 is 1.25 bits per heavy atom. The number of unbranched alkanes of at least 4 members (excludes halogenated alkanes) is 2. The highest BCUT2D eigenvalue weighted by Gasteiger charge is 2.31. The standard InChI is InChI=1S/C18H28N2O3S/c1-3-4-5-11-19-18(21)16-9-12-20(13-10-16)24(22,23)17-8-6-7-15(2)14-17/h6-8,14,16H,3-5,9-13H2,1-2H3,(H,19,21). The van der Waals surface area contributed by atoms with Gasteiger partial charge in [-0.2, -0.15) is 4.31 Å². The maximum atomic E-state index is 12.7. The maximum Gasteiger partial charge on any atom is 0.243 e. The van der Waals surface area contributed by atoms with Crippen LogP contribution in [0.5, 0.6) is 0 Å². The summed E-state index contributed by atoms with van der Waals surface area (Å²) in [6.07, 6.45) is 4.43. The summed E-state index contributed by atoms with van der Waals surface area (Å²) in [6.45, 7) is 5.54. The van der Waals surface area contributed by atoms with Gasteiger partial charge >= 0.3 is 0 Å². The van der Waals surface area contributed by atoms with Crippen molar-refractivity contribution in [2.24, 2.45) is 5.92 Å². The van der Waals surface area contributed by atoms with Crippen molar-refractivity contribution in [2.75, 3.05) is 19.6 Å². The molecule has 1 aliphatic heterocycles. The van der Waals surface area contributed by atoms with E-state index in [-0.39, 0.29) is 11.8 Å². The van der Waals surface area contributed by atoms with Crippen LogP contribution in [0.15, 0.2) is 29.2 Å². The lowest BCUT2D eigenvalue weighted by Gasteiger charge is -2.30. The van der Waals surface area contributed by atoms with Crippen LogP contribution in [0, 0.1) is 12.8 Å². The molecular formula is C18H28N2O3S. The number of aryl methyl sites for hydroxylation is 1. The summed E-state index contributed by atoms with van der Waals surface area (Å²) in [5.41, 5.74) is 0.928. The van der Waals surface area contributed by atoms with Crippen molar-refractivity contribution in [1.29, 1.82) is 0 Å². The maximum absolute atomic E-state index is 12.7. The second kappa shape index (κ2) is 8.62. The first kappa shape index (κ1) is 18.9. The molecule has 2 rings (SSSR count). The number of nitrogens with zero attached hydrogens (tertiary/aromatic N) is 1. The minimum atomic E-state index is -3.46. The molecule has 1 amide bonds. The van der Waals surface area contributed by atoms with Gasteiger partial charge in [-0.05, 0) is 43.9 Å². The van der Waals surface area contributed by atoms with Gasteiger partial charge in [0.15, 0.2) is 0 Å². The van der Waals surface area contributed by atoms with Gasteiger partial charge in [0.25, 0.3) is 0 Å². The number of amides is 1. The highest BCUT2D eigenvalue weighted by molar-refractivity contribution is 7.89. The van der Waals surface area contributed by atoms with Crippen molar-refractivity contribution in [3.63, 3.8) is 0 Å². The SMILES string of the molecule is CCCCCNC(=O)C1CCN(S(=O)(=O)c2cccc(C)c2)CC1.